The summed E-state index contributed by atoms with van der Waals surface area (Å²) in [5, 5.41) is 9.30. The van der Waals surface area contributed by atoms with Gasteiger partial charge in [-0.3, -0.25) is 0 Å². The number of hydrogen-bond donors (Lipinski definition) is 1. The molecule has 1 aliphatic rings. The van der Waals surface area contributed by atoms with Crippen molar-refractivity contribution in [1.82, 2.24) is 0 Å². The first-order chi connectivity index (χ1) is 4.61. The Morgan fingerprint density at radius 1 is 1.30 bits per heavy atom. The Kier molecular flexibility index (Phi) is 2.32. The molecular weight excluding hydrogens is 128 g/mol. The van der Waals surface area contributed by atoms with E-state index in [1.54, 1.807) is 0 Å². The molecule has 0 bridgehead atoms. The Morgan fingerprint density at radius 2 is 1.90 bits per heavy atom. The summed E-state index contributed by atoms with van der Waals surface area (Å²) >= 11 is 0. The van der Waals surface area contributed by atoms with Gasteiger partial charge in [0.1, 0.15) is 0 Å². The molecule has 0 amide bonds. The molecule has 0 aromatic heterocycles. The van der Waals surface area contributed by atoms with Gasteiger partial charge < -0.3 is 9.84 Å². The molecule has 1 fully saturated rings. The van der Waals surface area contributed by atoms with Crippen molar-refractivity contribution in [2.75, 3.05) is 0 Å². The molecule has 0 spiro atoms. The van der Waals surface area contributed by atoms with E-state index >= 15 is 0 Å². The van der Waals surface area contributed by atoms with Gasteiger partial charge in [0.15, 0.2) is 6.29 Å². The predicted octanol–water partition coefficient (Wildman–Crippen LogP) is 1.39. The van der Waals surface area contributed by atoms with Gasteiger partial charge in [-0.2, -0.15) is 0 Å². The molecule has 1 saturated heterocycles. The average molecular weight is 144 g/mol. The minimum absolute atomic E-state index is 0.223. The van der Waals surface area contributed by atoms with Crippen LogP contribution in [0.5, 0.6) is 0 Å². The summed E-state index contributed by atoms with van der Waals surface area (Å²) < 4.78 is 5.22. The van der Waals surface area contributed by atoms with Crippen LogP contribution < -0.4 is 0 Å². The molecule has 2 nitrogen and oxygen atoms in total. The summed E-state index contributed by atoms with van der Waals surface area (Å²) in [5.74, 6) is 0.870. The van der Waals surface area contributed by atoms with E-state index in [9.17, 15) is 5.11 Å². The second-order valence-corrected chi connectivity index (χ2v) is 3.41. The van der Waals surface area contributed by atoms with Crippen molar-refractivity contribution in [1.29, 1.82) is 0 Å². The lowest BCUT2D eigenvalue weighted by atomic mass is 9.88. The van der Waals surface area contributed by atoms with Gasteiger partial charge in [-0.15, -0.1) is 0 Å². The molecule has 0 aromatic carbocycles. The maximum absolute atomic E-state index is 9.30. The van der Waals surface area contributed by atoms with Crippen molar-refractivity contribution >= 4 is 0 Å². The number of ether oxygens (including phenoxy) is 1. The van der Waals surface area contributed by atoms with Gasteiger partial charge in [0.05, 0.1) is 6.10 Å². The number of rotatable bonds is 0. The molecule has 4 atom stereocenters. The maximum Gasteiger partial charge on any atom is 0.157 e. The summed E-state index contributed by atoms with van der Waals surface area (Å²) in [6, 6.07) is 0. The number of aliphatic hydroxyl groups excluding tert-OH is 1. The average Bonchev–Trinajstić information content (AvgIpc) is 1.82. The molecule has 60 valence electrons. The Labute approximate surface area is 62.2 Å². The summed E-state index contributed by atoms with van der Waals surface area (Å²) in [7, 11) is 0. The fourth-order valence-electron chi connectivity index (χ4n) is 1.44. The highest BCUT2D eigenvalue weighted by Crippen LogP contribution is 2.28. The smallest absolute Gasteiger partial charge is 0.157 e. The van der Waals surface area contributed by atoms with E-state index in [1.165, 1.54) is 0 Å². The first-order valence-corrected chi connectivity index (χ1v) is 3.94. The highest BCUT2D eigenvalue weighted by molar-refractivity contribution is 4.73. The highest BCUT2D eigenvalue weighted by Gasteiger charge is 2.29. The van der Waals surface area contributed by atoms with Crippen LogP contribution in [0, 0.1) is 11.8 Å². The third kappa shape index (κ3) is 1.50. The molecule has 0 unspecified atom stereocenters. The highest BCUT2D eigenvalue weighted by atomic mass is 16.6. The van der Waals surface area contributed by atoms with Crippen molar-refractivity contribution in [2.45, 2.75) is 39.6 Å². The largest absolute Gasteiger partial charge is 0.368 e. The first kappa shape index (κ1) is 8.02. The zero-order valence-corrected chi connectivity index (χ0v) is 6.87. The Balaban J connectivity index is 2.49. The summed E-state index contributed by atoms with van der Waals surface area (Å²) in [6.07, 6.45) is 0.748. The normalized spacial score (nSPS) is 49.2. The van der Waals surface area contributed by atoms with Crippen molar-refractivity contribution in [3.8, 4) is 0 Å². The lowest BCUT2D eigenvalue weighted by Gasteiger charge is -2.34. The van der Waals surface area contributed by atoms with Gasteiger partial charge in [0.25, 0.3) is 0 Å². The topological polar surface area (TPSA) is 29.5 Å². The van der Waals surface area contributed by atoms with Crippen molar-refractivity contribution in [2.24, 2.45) is 11.8 Å². The summed E-state index contributed by atoms with van der Waals surface area (Å²) in [4.78, 5) is 0. The quantitative estimate of drug-likeness (QED) is 0.556. The molecular formula is C8H16O2. The second kappa shape index (κ2) is 2.89. The molecule has 10 heavy (non-hydrogen) atoms. The van der Waals surface area contributed by atoms with Crippen molar-refractivity contribution in [3.05, 3.63) is 0 Å². The maximum atomic E-state index is 9.30. The van der Waals surface area contributed by atoms with Crippen LogP contribution in [0.1, 0.15) is 27.2 Å². The molecule has 1 N–H and O–H groups in total. The van der Waals surface area contributed by atoms with E-state index in [0.717, 1.165) is 6.42 Å². The van der Waals surface area contributed by atoms with Crippen molar-refractivity contribution in [3.63, 3.8) is 0 Å². The third-order valence-corrected chi connectivity index (χ3v) is 2.42. The van der Waals surface area contributed by atoms with Crippen LogP contribution in [0.3, 0.4) is 0 Å². The number of hydrogen-bond acceptors (Lipinski definition) is 2. The Morgan fingerprint density at radius 3 is 2.40 bits per heavy atom. The fourth-order valence-corrected chi connectivity index (χ4v) is 1.44. The Bertz CT molecular complexity index is 102. The van der Waals surface area contributed by atoms with E-state index < -0.39 is 6.29 Å². The van der Waals surface area contributed by atoms with Gasteiger partial charge in [-0.05, 0) is 19.3 Å². The zero-order chi connectivity index (χ0) is 7.72. The molecule has 0 aromatic rings. The molecule has 2 heteroatoms. The van der Waals surface area contributed by atoms with Crippen LogP contribution >= 0.6 is 0 Å². The molecule has 1 aliphatic heterocycles. The SMILES string of the molecule is C[C@@H]1[C@H](O)O[C@H](C)C[C@@H]1C. The minimum Gasteiger partial charge on any atom is -0.368 e. The Hall–Kier alpha value is -0.0800. The van der Waals surface area contributed by atoms with Crippen LogP contribution in [0.15, 0.2) is 0 Å². The molecule has 1 heterocycles. The molecule has 0 radical (unpaired) electrons. The summed E-state index contributed by atoms with van der Waals surface area (Å²) in [5.41, 5.74) is 0. The molecule has 0 saturated carbocycles. The van der Waals surface area contributed by atoms with E-state index in [-0.39, 0.29) is 12.0 Å². The van der Waals surface area contributed by atoms with Gasteiger partial charge in [-0.25, -0.2) is 0 Å². The monoisotopic (exact) mass is 144 g/mol. The van der Waals surface area contributed by atoms with E-state index in [4.69, 9.17) is 4.74 Å². The number of aliphatic hydroxyl groups is 1. The second-order valence-electron chi connectivity index (χ2n) is 3.41. The lowest BCUT2D eigenvalue weighted by molar-refractivity contribution is -0.199. The van der Waals surface area contributed by atoms with Gasteiger partial charge >= 0.3 is 0 Å². The fraction of sp³-hybridized carbons (Fsp3) is 1.00. The van der Waals surface area contributed by atoms with Crippen molar-refractivity contribution < 1.29 is 9.84 Å². The lowest BCUT2D eigenvalue weighted by Crippen LogP contribution is -2.37. The van der Waals surface area contributed by atoms with E-state index in [1.807, 2.05) is 13.8 Å². The van der Waals surface area contributed by atoms with Crippen LogP contribution in [0.25, 0.3) is 0 Å². The molecule has 1 rings (SSSR count). The third-order valence-electron chi connectivity index (χ3n) is 2.42. The summed E-state index contributed by atoms with van der Waals surface area (Å²) in [6.45, 7) is 6.19. The van der Waals surface area contributed by atoms with Crippen LogP contribution in [-0.4, -0.2) is 17.5 Å². The minimum atomic E-state index is -0.543. The standard InChI is InChI=1S/C8H16O2/c1-5-4-6(2)10-8(9)7(5)3/h5-9H,4H2,1-3H3/t5-,6+,7-,8+/m0/s1. The van der Waals surface area contributed by atoms with Crippen LogP contribution in [-0.2, 0) is 4.74 Å². The van der Waals surface area contributed by atoms with Crippen LogP contribution in [0.2, 0.25) is 0 Å². The molecule has 0 aliphatic carbocycles. The van der Waals surface area contributed by atoms with Gasteiger partial charge in [0, 0.05) is 5.92 Å². The van der Waals surface area contributed by atoms with Gasteiger partial charge in [0.2, 0.25) is 0 Å². The predicted molar refractivity (Wildman–Crippen MR) is 39.5 cm³/mol. The van der Waals surface area contributed by atoms with E-state index in [0.29, 0.717) is 5.92 Å². The van der Waals surface area contributed by atoms with Gasteiger partial charge in [-0.1, -0.05) is 13.8 Å². The first-order valence-electron chi connectivity index (χ1n) is 3.94. The van der Waals surface area contributed by atoms with E-state index in [2.05, 4.69) is 6.92 Å². The zero-order valence-electron chi connectivity index (χ0n) is 6.87. The van der Waals surface area contributed by atoms with Crippen LogP contribution in [0.4, 0.5) is 0 Å².